The van der Waals surface area contributed by atoms with E-state index in [0.717, 1.165) is 29.9 Å². The minimum Gasteiger partial charge on any atom is -0.431 e. The van der Waals surface area contributed by atoms with Gasteiger partial charge < -0.3 is 4.42 Å². The van der Waals surface area contributed by atoms with E-state index in [0.29, 0.717) is 16.0 Å². The number of hydrogen-bond acceptors (Lipinski definition) is 6. The maximum Gasteiger partial charge on any atom is 0.257 e. The molecule has 2 heterocycles. The second-order valence-electron chi connectivity index (χ2n) is 4.20. The highest BCUT2D eigenvalue weighted by molar-refractivity contribution is 7.98. The molecule has 2 aromatic heterocycles. The van der Waals surface area contributed by atoms with E-state index in [1.165, 1.54) is 11.8 Å². The fourth-order valence-electron chi connectivity index (χ4n) is 1.78. The SMILES string of the molecule is CCCn1nnnc1CSc1nc2cc(Cl)ccc2o1. The molecular formula is C12H12ClN5OS. The van der Waals surface area contributed by atoms with Crippen molar-refractivity contribution in [3.05, 3.63) is 29.0 Å². The van der Waals surface area contributed by atoms with Crippen LogP contribution in [0.3, 0.4) is 0 Å². The lowest BCUT2D eigenvalue weighted by atomic mass is 10.3. The van der Waals surface area contributed by atoms with E-state index < -0.39 is 0 Å². The summed E-state index contributed by atoms with van der Waals surface area (Å²) in [5, 5.41) is 12.9. The number of benzene rings is 1. The number of thioether (sulfide) groups is 1. The maximum absolute atomic E-state index is 5.92. The number of aromatic nitrogens is 5. The lowest BCUT2D eigenvalue weighted by molar-refractivity contribution is 0.489. The van der Waals surface area contributed by atoms with Gasteiger partial charge in [-0.05, 0) is 35.0 Å². The molecule has 0 radical (unpaired) electrons. The largest absolute Gasteiger partial charge is 0.431 e. The van der Waals surface area contributed by atoms with Crippen LogP contribution in [0.25, 0.3) is 11.1 Å². The molecule has 0 amide bonds. The number of halogens is 1. The average Bonchev–Trinajstić information content (AvgIpc) is 3.02. The molecule has 0 aliphatic carbocycles. The quantitative estimate of drug-likeness (QED) is 0.674. The van der Waals surface area contributed by atoms with Crippen molar-refractivity contribution in [1.29, 1.82) is 0 Å². The molecule has 20 heavy (non-hydrogen) atoms. The summed E-state index contributed by atoms with van der Waals surface area (Å²) >= 11 is 7.39. The first-order valence-electron chi connectivity index (χ1n) is 6.20. The number of rotatable bonds is 5. The first-order valence-corrected chi connectivity index (χ1v) is 7.56. The van der Waals surface area contributed by atoms with Gasteiger partial charge in [0.25, 0.3) is 5.22 Å². The topological polar surface area (TPSA) is 69.6 Å². The Hall–Kier alpha value is -1.60. The van der Waals surface area contributed by atoms with Crippen LogP contribution in [0.2, 0.25) is 5.02 Å². The van der Waals surface area contributed by atoms with Gasteiger partial charge in [0.15, 0.2) is 11.4 Å². The van der Waals surface area contributed by atoms with Gasteiger partial charge in [-0.2, -0.15) is 0 Å². The number of oxazole rings is 1. The summed E-state index contributed by atoms with van der Waals surface area (Å²) in [6.07, 6.45) is 0.990. The first-order chi connectivity index (χ1) is 9.76. The molecule has 3 rings (SSSR count). The number of nitrogens with zero attached hydrogens (tertiary/aromatic N) is 5. The highest BCUT2D eigenvalue weighted by atomic mass is 35.5. The average molecular weight is 310 g/mol. The molecule has 0 aliphatic heterocycles. The molecule has 0 spiro atoms. The normalized spacial score (nSPS) is 11.3. The van der Waals surface area contributed by atoms with Gasteiger partial charge in [-0.1, -0.05) is 30.3 Å². The van der Waals surface area contributed by atoms with Crippen molar-refractivity contribution in [2.75, 3.05) is 0 Å². The zero-order chi connectivity index (χ0) is 13.9. The highest BCUT2D eigenvalue weighted by Gasteiger charge is 2.10. The molecule has 0 saturated carbocycles. The molecule has 0 aliphatic rings. The van der Waals surface area contributed by atoms with Crippen molar-refractivity contribution in [1.82, 2.24) is 25.2 Å². The van der Waals surface area contributed by atoms with E-state index in [9.17, 15) is 0 Å². The lowest BCUT2D eigenvalue weighted by Crippen LogP contribution is -2.04. The zero-order valence-corrected chi connectivity index (χ0v) is 12.4. The summed E-state index contributed by atoms with van der Waals surface area (Å²) < 4.78 is 7.43. The zero-order valence-electron chi connectivity index (χ0n) is 10.8. The third-order valence-electron chi connectivity index (χ3n) is 2.70. The number of hydrogen-bond donors (Lipinski definition) is 0. The van der Waals surface area contributed by atoms with E-state index in [2.05, 4.69) is 27.4 Å². The van der Waals surface area contributed by atoms with Gasteiger partial charge in [-0.3, -0.25) is 0 Å². The first kappa shape index (κ1) is 13.4. The van der Waals surface area contributed by atoms with Crippen LogP contribution in [-0.4, -0.2) is 25.2 Å². The maximum atomic E-state index is 5.92. The minimum absolute atomic E-state index is 0.591. The van der Waals surface area contributed by atoms with Crippen molar-refractivity contribution in [3.8, 4) is 0 Å². The second kappa shape index (κ2) is 5.80. The third kappa shape index (κ3) is 2.78. The second-order valence-corrected chi connectivity index (χ2v) is 5.56. The Kier molecular flexibility index (Phi) is 3.88. The molecule has 0 unspecified atom stereocenters. The van der Waals surface area contributed by atoms with E-state index in [4.69, 9.17) is 16.0 Å². The summed E-state index contributed by atoms with van der Waals surface area (Å²) in [5.74, 6) is 1.44. The lowest BCUT2D eigenvalue weighted by Gasteiger charge is -2.00. The number of aryl methyl sites for hydroxylation is 1. The Morgan fingerprint density at radius 1 is 1.40 bits per heavy atom. The fourth-order valence-corrected chi connectivity index (χ4v) is 2.72. The van der Waals surface area contributed by atoms with Crippen LogP contribution in [0, 0.1) is 0 Å². The molecule has 0 saturated heterocycles. The Bertz CT molecular complexity index is 726. The standard InChI is InChI=1S/C12H12ClN5OS/c1-2-5-18-11(15-16-17-18)7-20-12-14-9-6-8(13)3-4-10(9)19-12/h3-4,6H,2,5,7H2,1H3. The van der Waals surface area contributed by atoms with Crippen molar-refractivity contribution >= 4 is 34.5 Å². The van der Waals surface area contributed by atoms with E-state index >= 15 is 0 Å². The third-order valence-corrected chi connectivity index (χ3v) is 3.76. The van der Waals surface area contributed by atoms with Crippen LogP contribution in [0.5, 0.6) is 0 Å². The monoisotopic (exact) mass is 309 g/mol. The van der Waals surface area contributed by atoms with Gasteiger partial charge in [0.1, 0.15) is 5.52 Å². The van der Waals surface area contributed by atoms with E-state index in [-0.39, 0.29) is 0 Å². The van der Waals surface area contributed by atoms with Crippen LogP contribution in [0.1, 0.15) is 19.2 Å². The van der Waals surface area contributed by atoms with Crippen LogP contribution in [0.4, 0.5) is 0 Å². The van der Waals surface area contributed by atoms with Crippen LogP contribution in [-0.2, 0) is 12.3 Å². The summed E-state index contributed by atoms with van der Waals surface area (Å²) in [5.41, 5.74) is 1.48. The summed E-state index contributed by atoms with van der Waals surface area (Å²) in [4.78, 5) is 4.38. The van der Waals surface area contributed by atoms with Gasteiger partial charge >= 0.3 is 0 Å². The van der Waals surface area contributed by atoms with Gasteiger partial charge in [0.05, 0.1) is 5.75 Å². The number of fused-ring (bicyclic) bond motifs is 1. The molecule has 6 nitrogen and oxygen atoms in total. The molecule has 3 aromatic rings. The van der Waals surface area contributed by atoms with Gasteiger partial charge in [-0.25, -0.2) is 9.67 Å². The predicted octanol–water partition coefficient (Wildman–Crippen LogP) is 3.17. The molecule has 104 valence electrons. The van der Waals surface area contributed by atoms with Gasteiger partial charge in [0.2, 0.25) is 0 Å². The number of tetrazole rings is 1. The molecular weight excluding hydrogens is 298 g/mol. The molecule has 1 aromatic carbocycles. The molecule has 0 bridgehead atoms. The summed E-state index contributed by atoms with van der Waals surface area (Å²) in [6.45, 7) is 2.90. The summed E-state index contributed by atoms with van der Waals surface area (Å²) in [7, 11) is 0. The van der Waals surface area contributed by atoms with E-state index in [1.54, 1.807) is 16.8 Å². The van der Waals surface area contributed by atoms with E-state index in [1.807, 2.05) is 6.07 Å². The van der Waals surface area contributed by atoms with Gasteiger partial charge in [0, 0.05) is 11.6 Å². The van der Waals surface area contributed by atoms with Crippen molar-refractivity contribution < 1.29 is 4.42 Å². The smallest absolute Gasteiger partial charge is 0.257 e. The van der Waals surface area contributed by atoms with Gasteiger partial charge in [-0.15, -0.1) is 5.10 Å². The molecule has 0 N–H and O–H groups in total. The fraction of sp³-hybridized carbons (Fsp3) is 0.333. The Labute approximate surface area is 124 Å². The summed E-state index contributed by atoms with van der Waals surface area (Å²) in [6, 6.07) is 5.38. The van der Waals surface area contributed by atoms with Crippen LogP contribution >= 0.6 is 23.4 Å². The minimum atomic E-state index is 0.591. The van der Waals surface area contributed by atoms with Crippen molar-refractivity contribution in [3.63, 3.8) is 0 Å². The predicted molar refractivity (Wildman–Crippen MR) is 76.7 cm³/mol. The molecule has 8 heteroatoms. The molecule has 0 atom stereocenters. The highest BCUT2D eigenvalue weighted by Crippen LogP contribution is 2.27. The molecule has 0 fully saturated rings. The van der Waals surface area contributed by atoms with Crippen molar-refractivity contribution in [2.45, 2.75) is 30.9 Å². The van der Waals surface area contributed by atoms with Crippen LogP contribution < -0.4 is 0 Å². The Morgan fingerprint density at radius 2 is 2.30 bits per heavy atom. The Morgan fingerprint density at radius 3 is 3.15 bits per heavy atom. The van der Waals surface area contributed by atoms with Crippen LogP contribution in [0.15, 0.2) is 27.8 Å². The van der Waals surface area contributed by atoms with Crippen molar-refractivity contribution in [2.24, 2.45) is 0 Å². The Balaban J connectivity index is 1.74.